The number of piperidine rings is 1. The second kappa shape index (κ2) is 9.64. The number of carbonyl (C=O) groups excluding carboxylic acids is 2. The van der Waals surface area contributed by atoms with Crippen molar-refractivity contribution in [2.75, 3.05) is 18.0 Å². The minimum atomic E-state index is -0.554. The number of amides is 2. The molecule has 1 fully saturated rings. The highest BCUT2D eigenvalue weighted by Gasteiger charge is 2.33. The van der Waals surface area contributed by atoms with E-state index in [2.05, 4.69) is 20.2 Å². The molecule has 2 aliphatic heterocycles. The normalized spacial score (nSPS) is 18.0. The zero-order valence-corrected chi connectivity index (χ0v) is 19.4. The Morgan fingerprint density at radius 1 is 1.15 bits per heavy atom. The lowest BCUT2D eigenvalue weighted by molar-refractivity contribution is 0.0240. The van der Waals surface area contributed by atoms with Crippen molar-refractivity contribution in [2.24, 2.45) is 0 Å². The predicted molar refractivity (Wildman–Crippen MR) is 123 cm³/mol. The van der Waals surface area contributed by atoms with Gasteiger partial charge in [0.05, 0.1) is 18.8 Å². The molecule has 0 aliphatic carbocycles. The van der Waals surface area contributed by atoms with Crippen molar-refractivity contribution in [2.45, 2.75) is 65.0 Å². The lowest BCUT2D eigenvalue weighted by atomic mass is 10.1. The summed E-state index contributed by atoms with van der Waals surface area (Å²) in [4.78, 5) is 37.6. The summed E-state index contributed by atoms with van der Waals surface area (Å²) in [6.45, 7) is 8.06. The van der Waals surface area contributed by atoms with E-state index in [1.807, 2.05) is 51.1 Å². The molecule has 0 spiro atoms. The maximum atomic E-state index is 12.5. The Labute approximate surface area is 194 Å². The Morgan fingerprint density at radius 2 is 1.94 bits per heavy atom. The highest BCUT2D eigenvalue weighted by molar-refractivity contribution is 5.70. The van der Waals surface area contributed by atoms with Gasteiger partial charge in [0.2, 0.25) is 0 Å². The van der Waals surface area contributed by atoms with Gasteiger partial charge in [-0.25, -0.2) is 19.6 Å². The average Bonchev–Trinajstić information content (AvgIpc) is 3.22. The van der Waals surface area contributed by atoms with Crippen molar-refractivity contribution < 1.29 is 19.1 Å². The van der Waals surface area contributed by atoms with E-state index in [9.17, 15) is 9.59 Å². The van der Waals surface area contributed by atoms with Gasteiger partial charge in [0.1, 0.15) is 24.4 Å². The molecule has 0 saturated carbocycles. The topological polar surface area (TPSA) is 96.9 Å². The average molecular weight is 454 g/mol. The van der Waals surface area contributed by atoms with Crippen molar-refractivity contribution in [3.8, 4) is 0 Å². The molecule has 0 unspecified atom stereocenters. The van der Waals surface area contributed by atoms with Gasteiger partial charge in [-0.2, -0.15) is 0 Å². The van der Waals surface area contributed by atoms with E-state index in [4.69, 9.17) is 9.47 Å². The van der Waals surface area contributed by atoms with Gasteiger partial charge in [-0.1, -0.05) is 30.3 Å². The smallest absolute Gasteiger partial charge is 0.410 e. The van der Waals surface area contributed by atoms with Crippen molar-refractivity contribution in [3.63, 3.8) is 0 Å². The lowest BCUT2D eigenvalue weighted by Crippen LogP contribution is -2.48. The van der Waals surface area contributed by atoms with Gasteiger partial charge in [0.15, 0.2) is 0 Å². The van der Waals surface area contributed by atoms with Crippen LogP contribution in [-0.4, -0.2) is 51.8 Å². The molecule has 1 N–H and O–H groups in total. The maximum Gasteiger partial charge on any atom is 0.410 e. The second-order valence-electron chi connectivity index (χ2n) is 9.45. The number of fused-ring (bicyclic) bond motifs is 1. The summed E-state index contributed by atoms with van der Waals surface area (Å²) in [6, 6.07) is 9.56. The van der Waals surface area contributed by atoms with Crippen LogP contribution in [0.5, 0.6) is 0 Å². The zero-order chi connectivity index (χ0) is 23.4. The molecule has 1 saturated heterocycles. The van der Waals surface area contributed by atoms with Crippen molar-refractivity contribution in [3.05, 3.63) is 53.5 Å². The number of alkyl carbamates (subject to hydrolysis) is 1. The Hall–Kier alpha value is -3.36. The molecule has 4 rings (SSSR count). The van der Waals surface area contributed by atoms with Crippen LogP contribution in [0.1, 0.15) is 50.4 Å². The molecule has 0 bridgehead atoms. The standard InChI is InChI=1S/C24H31N5O4/c1-24(2,3)33-23(31)29-13-19-20(14-29)25-16-26-21(19)28-11-7-10-18(12-28)27-22(30)32-15-17-8-5-4-6-9-17/h4-6,8-9,16,18H,7,10-15H2,1-3H3,(H,27,30)/t18-/m1/s1. The molecule has 1 atom stereocenters. The molecule has 0 radical (unpaired) electrons. The zero-order valence-electron chi connectivity index (χ0n) is 19.4. The lowest BCUT2D eigenvalue weighted by Gasteiger charge is -2.34. The number of nitrogens with one attached hydrogen (secondary N) is 1. The third kappa shape index (κ3) is 5.91. The molecular weight excluding hydrogens is 422 g/mol. The highest BCUT2D eigenvalue weighted by atomic mass is 16.6. The van der Waals surface area contributed by atoms with E-state index >= 15 is 0 Å². The van der Waals surface area contributed by atoms with Gasteiger partial charge in [0.25, 0.3) is 0 Å². The summed E-state index contributed by atoms with van der Waals surface area (Å²) in [5.41, 5.74) is 2.17. The van der Waals surface area contributed by atoms with Gasteiger partial charge in [-0.05, 0) is 39.2 Å². The fourth-order valence-corrected chi connectivity index (χ4v) is 4.11. The molecule has 33 heavy (non-hydrogen) atoms. The number of carbonyl (C=O) groups is 2. The molecule has 176 valence electrons. The van der Waals surface area contributed by atoms with Crippen LogP contribution >= 0.6 is 0 Å². The quantitative estimate of drug-likeness (QED) is 0.755. The first-order valence-electron chi connectivity index (χ1n) is 11.3. The number of benzene rings is 1. The van der Waals surface area contributed by atoms with Crippen LogP contribution < -0.4 is 10.2 Å². The number of anilines is 1. The molecule has 9 heteroatoms. The van der Waals surface area contributed by atoms with Crippen LogP contribution in [0.15, 0.2) is 36.7 Å². The van der Waals surface area contributed by atoms with Crippen LogP contribution in [0.2, 0.25) is 0 Å². The summed E-state index contributed by atoms with van der Waals surface area (Å²) in [7, 11) is 0. The van der Waals surface area contributed by atoms with Gasteiger partial charge < -0.3 is 19.7 Å². The fourth-order valence-electron chi connectivity index (χ4n) is 4.11. The minimum absolute atomic E-state index is 0.0454. The Kier molecular flexibility index (Phi) is 6.67. The number of aromatic nitrogens is 2. The molecule has 3 heterocycles. The van der Waals surface area contributed by atoms with Crippen LogP contribution in [-0.2, 0) is 29.2 Å². The first kappa shape index (κ1) is 22.8. The monoisotopic (exact) mass is 453 g/mol. The third-order valence-corrected chi connectivity index (χ3v) is 5.61. The van der Waals surface area contributed by atoms with Crippen LogP contribution in [0.4, 0.5) is 15.4 Å². The van der Waals surface area contributed by atoms with Crippen LogP contribution in [0.25, 0.3) is 0 Å². The molecule has 1 aromatic carbocycles. The number of nitrogens with zero attached hydrogens (tertiary/aromatic N) is 4. The predicted octanol–water partition coefficient (Wildman–Crippen LogP) is 3.62. The first-order chi connectivity index (χ1) is 15.8. The van der Waals surface area contributed by atoms with Crippen molar-refractivity contribution in [1.29, 1.82) is 0 Å². The van der Waals surface area contributed by atoms with Crippen molar-refractivity contribution >= 4 is 18.0 Å². The number of rotatable bonds is 4. The van der Waals surface area contributed by atoms with Gasteiger partial charge in [-0.3, -0.25) is 4.90 Å². The summed E-state index contributed by atoms with van der Waals surface area (Å²) in [5.74, 6) is 0.815. The van der Waals surface area contributed by atoms with Crippen LogP contribution in [0, 0.1) is 0 Å². The SMILES string of the molecule is CC(C)(C)OC(=O)N1Cc2ncnc(N3CCC[C@@H](NC(=O)OCc4ccccc4)C3)c2C1. The molecule has 2 amide bonds. The van der Waals surface area contributed by atoms with Crippen LogP contribution in [0.3, 0.4) is 0 Å². The minimum Gasteiger partial charge on any atom is -0.445 e. The molecular formula is C24H31N5O4. The number of hydrogen-bond donors (Lipinski definition) is 1. The van der Waals surface area contributed by atoms with E-state index in [0.717, 1.165) is 42.0 Å². The molecule has 9 nitrogen and oxygen atoms in total. The first-order valence-corrected chi connectivity index (χ1v) is 11.3. The third-order valence-electron chi connectivity index (χ3n) is 5.61. The second-order valence-corrected chi connectivity index (χ2v) is 9.45. The van der Waals surface area contributed by atoms with E-state index < -0.39 is 11.7 Å². The Morgan fingerprint density at radius 3 is 2.70 bits per heavy atom. The fraction of sp³-hybridized carbons (Fsp3) is 0.500. The van der Waals surface area contributed by atoms with Crippen molar-refractivity contribution in [1.82, 2.24) is 20.2 Å². The molecule has 2 aromatic rings. The van der Waals surface area contributed by atoms with Gasteiger partial charge in [0, 0.05) is 24.7 Å². The summed E-state index contributed by atoms with van der Waals surface area (Å²) in [6.07, 6.45) is 2.55. The Balaban J connectivity index is 1.36. The van der Waals surface area contributed by atoms with E-state index in [0.29, 0.717) is 19.6 Å². The Bertz CT molecular complexity index is 992. The van der Waals surface area contributed by atoms with E-state index in [-0.39, 0.29) is 18.7 Å². The molecule has 2 aliphatic rings. The maximum absolute atomic E-state index is 12.5. The van der Waals surface area contributed by atoms with Gasteiger partial charge >= 0.3 is 12.2 Å². The van der Waals surface area contributed by atoms with Gasteiger partial charge in [-0.15, -0.1) is 0 Å². The number of hydrogen-bond acceptors (Lipinski definition) is 7. The molecule has 1 aromatic heterocycles. The largest absolute Gasteiger partial charge is 0.445 e. The van der Waals surface area contributed by atoms with E-state index in [1.54, 1.807) is 4.90 Å². The summed E-state index contributed by atoms with van der Waals surface area (Å²) >= 11 is 0. The summed E-state index contributed by atoms with van der Waals surface area (Å²) in [5, 5.41) is 2.98. The number of ether oxygens (including phenoxy) is 2. The summed E-state index contributed by atoms with van der Waals surface area (Å²) < 4.78 is 10.9. The van der Waals surface area contributed by atoms with E-state index in [1.165, 1.54) is 6.33 Å². The highest BCUT2D eigenvalue weighted by Crippen LogP contribution is 2.31.